The van der Waals surface area contributed by atoms with E-state index in [9.17, 15) is 0 Å². The van der Waals surface area contributed by atoms with Crippen molar-refractivity contribution in [1.82, 2.24) is 10.3 Å². The second kappa shape index (κ2) is 4.24. The lowest BCUT2D eigenvalue weighted by Gasteiger charge is -2.41. The highest BCUT2D eigenvalue weighted by molar-refractivity contribution is 6.33. The van der Waals surface area contributed by atoms with Gasteiger partial charge in [0, 0.05) is 25.2 Å². The van der Waals surface area contributed by atoms with Gasteiger partial charge < -0.3 is 15.0 Å². The van der Waals surface area contributed by atoms with Crippen molar-refractivity contribution in [1.29, 1.82) is 0 Å². The molecule has 0 spiro atoms. The van der Waals surface area contributed by atoms with Crippen LogP contribution >= 0.6 is 11.6 Å². The summed E-state index contributed by atoms with van der Waals surface area (Å²) in [6.45, 7) is 1.95. The van der Waals surface area contributed by atoms with E-state index in [2.05, 4.69) is 15.2 Å². The molecule has 0 radical (unpaired) electrons. The lowest BCUT2D eigenvalue weighted by Crippen LogP contribution is -2.57. The van der Waals surface area contributed by atoms with Crippen LogP contribution < -0.4 is 15.0 Å². The molecule has 1 aliphatic rings. The van der Waals surface area contributed by atoms with E-state index in [1.165, 1.54) is 0 Å². The highest BCUT2D eigenvalue weighted by Gasteiger charge is 2.27. The summed E-state index contributed by atoms with van der Waals surface area (Å²) in [5, 5.41) is 3.89. The molecule has 0 aromatic carbocycles. The van der Waals surface area contributed by atoms with Gasteiger partial charge in [0.2, 0.25) is 5.88 Å². The number of anilines is 1. The van der Waals surface area contributed by atoms with Crippen molar-refractivity contribution in [2.24, 2.45) is 0 Å². The van der Waals surface area contributed by atoms with Crippen LogP contribution in [0.25, 0.3) is 0 Å². The molecule has 1 N–H and O–H groups in total. The first-order valence-electron chi connectivity index (χ1n) is 4.86. The van der Waals surface area contributed by atoms with Gasteiger partial charge in [-0.1, -0.05) is 11.6 Å². The van der Waals surface area contributed by atoms with Crippen LogP contribution in [0.3, 0.4) is 0 Å². The largest absolute Gasteiger partial charge is 0.481 e. The monoisotopic (exact) mass is 227 g/mol. The highest BCUT2D eigenvalue weighted by Crippen LogP contribution is 2.31. The summed E-state index contributed by atoms with van der Waals surface area (Å²) < 4.78 is 5.07. The second-order valence-electron chi connectivity index (χ2n) is 3.57. The topological polar surface area (TPSA) is 37.4 Å². The van der Waals surface area contributed by atoms with Crippen LogP contribution in [0.15, 0.2) is 12.3 Å². The minimum Gasteiger partial charge on any atom is -0.481 e. The third-order valence-electron chi connectivity index (χ3n) is 2.65. The fourth-order valence-electron chi connectivity index (χ4n) is 1.62. The molecule has 4 nitrogen and oxygen atoms in total. The first-order valence-corrected chi connectivity index (χ1v) is 5.24. The average Bonchev–Trinajstić information content (AvgIpc) is 2.19. The van der Waals surface area contributed by atoms with Gasteiger partial charge in [0.1, 0.15) is 0 Å². The summed E-state index contributed by atoms with van der Waals surface area (Å²) in [5.41, 5.74) is 0.995. The van der Waals surface area contributed by atoms with E-state index < -0.39 is 0 Å². The minimum atomic E-state index is 0.556. The van der Waals surface area contributed by atoms with Crippen molar-refractivity contribution >= 4 is 17.3 Å². The van der Waals surface area contributed by atoms with Crippen molar-refractivity contribution in [3.8, 4) is 5.88 Å². The van der Waals surface area contributed by atoms with Crippen molar-refractivity contribution in [2.45, 2.75) is 6.04 Å². The fraction of sp³-hybridized carbons (Fsp3) is 0.500. The van der Waals surface area contributed by atoms with Gasteiger partial charge in [0.25, 0.3) is 0 Å². The van der Waals surface area contributed by atoms with E-state index in [0.29, 0.717) is 16.9 Å². The molecule has 5 heteroatoms. The number of methoxy groups -OCH3 is 1. The van der Waals surface area contributed by atoms with Crippen molar-refractivity contribution < 1.29 is 4.74 Å². The summed E-state index contributed by atoms with van der Waals surface area (Å²) in [6, 6.07) is 2.43. The van der Waals surface area contributed by atoms with E-state index in [0.717, 1.165) is 18.8 Å². The van der Waals surface area contributed by atoms with Crippen LogP contribution in [0, 0.1) is 0 Å². The molecule has 2 heterocycles. The first kappa shape index (κ1) is 10.5. The summed E-state index contributed by atoms with van der Waals surface area (Å²) in [7, 11) is 3.57. The Balaban J connectivity index is 2.14. The molecule has 0 bridgehead atoms. The zero-order chi connectivity index (χ0) is 10.8. The van der Waals surface area contributed by atoms with Crippen molar-refractivity contribution in [3.63, 3.8) is 0 Å². The van der Waals surface area contributed by atoms with E-state index in [1.54, 1.807) is 13.3 Å². The van der Waals surface area contributed by atoms with E-state index >= 15 is 0 Å². The lowest BCUT2D eigenvalue weighted by molar-refractivity contribution is 0.396. The number of nitrogens with zero attached hydrogens (tertiary/aromatic N) is 2. The number of halogens is 1. The van der Waals surface area contributed by atoms with Gasteiger partial charge in [-0.15, -0.1) is 0 Å². The maximum atomic E-state index is 6.07. The van der Waals surface area contributed by atoms with Gasteiger partial charge in [-0.2, -0.15) is 0 Å². The summed E-state index contributed by atoms with van der Waals surface area (Å²) in [5.74, 6) is 0.599. The number of hydrogen-bond acceptors (Lipinski definition) is 4. The van der Waals surface area contributed by atoms with Crippen LogP contribution in [0.5, 0.6) is 5.88 Å². The van der Waals surface area contributed by atoms with Crippen LogP contribution in [-0.2, 0) is 0 Å². The molecular formula is C10H14ClN3O. The van der Waals surface area contributed by atoms with Crippen LogP contribution in [-0.4, -0.2) is 38.3 Å². The molecular weight excluding hydrogens is 214 g/mol. The lowest BCUT2D eigenvalue weighted by atomic mass is 10.1. The molecule has 82 valence electrons. The average molecular weight is 228 g/mol. The van der Waals surface area contributed by atoms with E-state index in [-0.39, 0.29) is 0 Å². The Kier molecular flexibility index (Phi) is 2.98. The normalized spacial score (nSPS) is 16.3. The molecule has 0 saturated carbocycles. The van der Waals surface area contributed by atoms with Crippen molar-refractivity contribution in [2.75, 3.05) is 32.1 Å². The Bertz CT molecular complexity index is 353. The fourth-order valence-corrected chi connectivity index (χ4v) is 1.84. The summed E-state index contributed by atoms with van der Waals surface area (Å²) >= 11 is 6.07. The maximum absolute atomic E-state index is 6.07. The van der Waals surface area contributed by atoms with Crippen LogP contribution in [0.2, 0.25) is 5.02 Å². The van der Waals surface area contributed by atoms with Crippen LogP contribution in [0.1, 0.15) is 0 Å². The Morgan fingerprint density at radius 2 is 2.33 bits per heavy atom. The Labute approximate surface area is 94.2 Å². The minimum absolute atomic E-state index is 0.556. The van der Waals surface area contributed by atoms with E-state index in [4.69, 9.17) is 16.3 Å². The number of likely N-dealkylation sites (N-methyl/N-ethyl adjacent to an activating group) is 1. The summed E-state index contributed by atoms with van der Waals surface area (Å²) in [6.07, 6.45) is 1.63. The molecule has 0 amide bonds. The molecule has 2 rings (SSSR count). The molecule has 0 unspecified atom stereocenters. The SMILES string of the molecule is CNC1CN(c2cc(OC)ncc2Cl)C1. The first-order chi connectivity index (χ1) is 7.24. The van der Waals surface area contributed by atoms with Gasteiger partial charge in [-0.25, -0.2) is 4.98 Å². The zero-order valence-corrected chi connectivity index (χ0v) is 9.58. The Hall–Kier alpha value is -1.00. The number of hydrogen-bond donors (Lipinski definition) is 1. The van der Waals surface area contributed by atoms with E-state index in [1.807, 2.05) is 13.1 Å². The smallest absolute Gasteiger partial charge is 0.215 e. The molecule has 1 aromatic rings. The third-order valence-corrected chi connectivity index (χ3v) is 2.94. The van der Waals surface area contributed by atoms with Gasteiger partial charge in [0.05, 0.1) is 24.0 Å². The van der Waals surface area contributed by atoms with Crippen molar-refractivity contribution in [3.05, 3.63) is 17.3 Å². The molecule has 1 aliphatic heterocycles. The van der Waals surface area contributed by atoms with Gasteiger partial charge in [-0.05, 0) is 7.05 Å². The van der Waals surface area contributed by atoms with Crippen LogP contribution in [0.4, 0.5) is 5.69 Å². The van der Waals surface area contributed by atoms with Gasteiger partial charge in [0.15, 0.2) is 0 Å². The summed E-state index contributed by atoms with van der Waals surface area (Å²) in [4.78, 5) is 6.24. The molecule has 1 fully saturated rings. The standard InChI is InChI=1S/C10H14ClN3O/c1-12-7-5-14(6-7)9-3-10(15-2)13-4-8(9)11/h3-4,7,12H,5-6H2,1-2H3. The highest BCUT2D eigenvalue weighted by atomic mass is 35.5. The molecule has 0 atom stereocenters. The number of rotatable bonds is 3. The molecule has 1 aromatic heterocycles. The molecule has 0 aliphatic carbocycles. The molecule has 15 heavy (non-hydrogen) atoms. The Morgan fingerprint density at radius 1 is 1.60 bits per heavy atom. The number of pyridine rings is 1. The number of nitrogens with one attached hydrogen (secondary N) is 1. The number of aromatic nitrogens is 1. The molecule has 1 saturated heterocycles. The Morgan fingerprint density at radius 3 is 2.93 bits per heavy atom. The third kappa shape index (κ3) is 2.01. The number of ether oxygens (including phenoxy) is 1. The second-order valence-corrected chi connectivity index (χ2v) is 3.98. The van der Waals surface area contributed by atoms with Gasteiger partial charge >= 0.3 is 0 Å². The predicted molar refractivity (Wildman–Crippen MR) is 60.9 cm³/mol. The quantitative estimate of drug-likeness (QED) is 0.841. The zero-order valence-electron chi connectivity index (χ0n) is 8.83. The maximum Gasteiger partial charge on any atom is 0.215 e. The predicted octanol–water partition coefficient (Wildman–Crippen LogP) is 1.15. The van der Waals surface area contributed by atoms with Gasteiger partial charge in [-0.3, -0.25) is 0 Å².